The second-order valence-electron chi connectivity index (χ2n) is 6.04. The van der Waals surface area contributed by atoms with E-state index in [0.717, 1.165) is 17.7 Å². The monoisotopic (exact) mass is 323 g/mol. The van der Waals surface area contributed by atoms with Crippen molar-refractivity contribution in [3.05, 3.63) is 48.2 Å². The molecule has 0 bridgehead atoms. The number of anilines is 2. The van der Waals surface area contributed by atoms with E-state index in [1.807, 2.05) is 31.2 Å². The Labute approximate surface area is 139 Å². The topological polar surface area (TPSA) is 62.7 Å². The zero-order valence-electron chi connectivity index (χ0n) is 13.3. The second-order valence-corrected chi connectivity index (χ2v) is 6.04. The summed E-state index contributed by atoms with van der Waals surface area (Å²) in [5.41, 5.74) is 2.09. The highest BCUT2D eigenvalue weighted by atomic mass is 16.5. The lowest BCUT2D eigenvalue weighted by Gasteiger charge is -2.30. The zero-order valence-corrected chi connectivity index (χ0v) is 13.3. The minimum Gasteiger partial charge on any atom is -0.480 e. The molecule has 3 heterocycles. The van der Waals surface area contributed by atoms with Crippen molar-refractivity contribution in [2.24, 2.45) is 0 Å². The third-order valence-corrected chi connectivity index (χ3v) is 4.43. The maximum atomic E-state index is 12.9. The number of ether oxygens (including phenoxy) is 1. The Kier molecular flexibility index (Phi) is 3.45. The van der Waals surface area contributed by atoms with Crippen LogP contribution in [0.1, 0.15) is 12.5 Å². The number of carbonyl (C=O) groups excluding carboxylic acids is 2. The van der Waals surface area contributed by atoms with Gasteiger partial charge in [-0.2, -0.15) is 0 Å². The maximum absolute atomic E-state index is 12.9. The van der Waals surface area contributed by atoms with Gasteiger partial charge in [-0.05, 0) is 37.1 Å². The molecule has 24 heavy (non-hydrogen) atoms. The molecule has 1 aromatic carbocycles. The average molecular weight is 323 g/mol. The van der Waals surface area contributed by atoms with Crippen LogP contribution in [0.25, 0.3) is 0 Å². The fourth-order valence-electron chi connectivity index (χ4n) is 3.35. The van der Waals surface area contributed by atoms with E-state index in [2.05, 4.69) is 4.98 Å². The van der Waals surface area contributed by atoms with Crippen LogP contribution in [0.3, 0.4) is 0 Å². The van der Waals surface area contributed by atoms with Gasteiger partial charge >= 0.3 is 0 Å². The number of hydrogen-bond donors (Lipinski definition) is 0. The van der Waals surface area contributed by atoms with Crippen molar-refractivity contribution in [2.75, 3.05) is 23.0 Å². The molecule has 0 fully saturated rings. The van der Waals surface area contributed by atoms with E-state index in [1.165, 1.54) is 4.90 Å². The van der Waals surface area contributed by atoms with Crippen LogP contribution in [0.4, 0.5) is 11.5 Å². The largest absolute Gasteiger partial charge is 0.480 e. The highest BCUT2D eigenvalue weighted by Crippen LogP contribution is 2.33. The van der Waals surface area contributed by atoms with Crippen LogP contribution in [-0.4, -0.2) is 36.0 Å². The second kappa shape index (κ2) is 5.63. The average Bonchev–Trinajstić information content (AvgIpc) is 2.93. The van der Waals surface area contributed by atoms with Crippen LogP contribution in [0, 0.1) is 0 Å². The van der Waals surface area contributed by atoms with E-state index in [0.29, 0.717) is 11.6 Å². The molecule has 6 nitrogen and oxygen atoms in total. The molecule has 2 aliphatic heterocycles. The number of pyridine rings is 1. The molecular weight excluding hydrogens is 306 g/mol. The minimum absolute atomic E-state index is 0.0368. The van der Waals surface area contributed by atoms with Crippen LogP contribution >= 0.6 is 0 Å². The SMILES string of the molecule is CC1Cc2ccccc2N1C(=O)CN1C(=O)COc2cccnc21. The van der Waals surface area contributed by atoms with E-state index >= 15 is 0 Å². The van der Waals surface area contributed by atoms with Crippen molar-refractivity contribution in [1.29, 1.82) is 0 Å². The van der Waals surface area contributed by atoms with E-state index < -0.39 is 0 Å². The summed E-state index contributed by atoms with van der Waals surface area (Å²) in [6.45, 7) is 1.91. The van der Waals surface area contributed by atoms with Gasteiger partial charge in [0.1, 0.15) is 6.54 Å². The Hall–Kier alpha value is -2.89. The number of carbonyl (C=O) groups is 2. The Bertz CT molecular complexity index is 821. The van der Waals surface area contributed by atoms with Crippen LogP contribution in [0.5, 0.6) is 5.75 Å². The number of fused-ring (bicyclic) bond motifs is 2. The lowest BCUT2D eigenvalue weighted by molar-refractivity contribution is -0.124. The molecule has 4 rings (SSSR count). The van der Waals surface area contributed by atoms with Crippen molar-refractivity contribution < 1.29 is 14.3 Å². The molecule has 0 saturated heterocycles. The Morgan fingerprint density at radius 1 is 1.29 bits per heavy atom. The summed E-state index contributed by atoms with van der Waals surface area (Å²) in [5.74, 6) is 0.566. The number of hydrogen-bond acceptors (Lipinski definition) is 4. The molecule has 1 atom stereocenters. The third-order valence-electron chi connectivity index (χ3n) is 4.43. The number of nitrogens with zero attached hydrogens (tertiary/aromatic N) is 3. The Morgan fingerprint density at radius 2 is 2.12 bits per heavy atom. The Morgan fingerprint density at radius 3 is 3.00 bits per heavy atom. The number of benzene rings is 1. The number of amides is 2. The van der Waals surface area contributed by atoms with Gasteiger partial charge in [0.05, 0.1) is 0 Å². The summed E-state index contributed by atoms with van der Waals surface area (Å²) in [6.07, 6.45) is 2.42. The van der Waals surface area contributed by atoms with Crippen LogP contribution in [-0.2, 0) is 16.0 Å². The predicted molar refractivity (Wildman–Crippen MR) is 89.2 cm³/mol. The van der Waals surface area contributed by atoms with Gasteiger partial charge in [-0.25, -0.2) is 4.98 Å². The third kappa shape index (κ3) is 2.31. The first-order valence-electron chi connectivity index (χ1n) is 7.93. The first kappa shape index (κ1) is 14.7. The van der Waals surface area contributed by atoms with Crippen LogP contribution in [0.2, 0.25) is 0 Å². The minimum atomic E-state index is -0.255. The maximum Gasteiger partial charge on any atom is 0.266 e. The molecule has 0 saturated carbocycles. The van der Waals surface area contributed by atoms with Crippen molar-refractivity contribution >= 4 is 23.3 Å². The standard InChI is InChI=1S/C18H17N3O3/c1-12-9-13-5-2-3-6-14(13)21(12)16(22)10-20-17(23)11-24-15-7-4-8-19-18(15)20/h2-8,12H,9-11H2,1H3. The molecule has 2 amide bonds. The molecule has 6 heteroatoms. The van der Waals surface area contributed by atoms with Gasteiger partial charge in [-0.1, -0.05) is 18.2 Å². The highest BCUT2D eigenvalue weighted by molar-refractivity contribution is 6.06. The van der Waals surface area contributed by atoms with Gasteiger partial charge in [-0.3, -0.25) is 14.5 Å². The predicted octanol–water partition coefficient (Wildman–Crippen LogP) is 1.78. The molecular formula is C18H17N3O3. The van der Waals surface area contributed by atoms with E-state index in [9.17, 15) is 9.59 Å². The molecule has 2 aliphatic rings. The molecule has 0 N–H and O–H groups in total. The van der Waals surface area contributed by atoms with Crippen molar-refractivity contribution in [3.63, 3.8) is 0 Å². The number of para-hydroxylation sites is 1. The van der Waals surface area contributed by atoms with Crippen molar-refractivity contribution in [3.8, 4) is 5.75 Å². The quantitative estimate of drug-likeness (QED) is 0.845. The zero-order chi connectivity index (χ0) is 16.7. The Balaban J connectivity index is 1.62. The van der Waals surface area contributed by atoms with Gasteiger partial charge in [0.15, 0.2) is 18.2 Å². The van der Waals surface area contributed by atoms with Gasteiger partial charge in [-0.15, -0.1) is 0 Å². The highest BCUT2D eigenvalue weighted by Gasteiger charge is 2.34. The van der Waals surface area contributed by atoms with Gasteiger partial charge < -0.3 is 9.64 Å². The molecule has 1 aromatic heterocycles. The van der Waals surface area contributed by atoms with Crippen LogP contribution < -0.4 is 14.5 Å². The molecule has 122 valence electrons. The fourth-order valence-corrected chi connectivity index (χ4v) is 3.35. The van der Waals surface area contributed by atoms with Crippen LogP contribution in [0.15, 0.2) is 42.6 Å². The van der Waals surface area contributed by atoms with Crippen molar-refractivity contribution in [1.82, 2.24) is 4.98 Å². The summed E-state index contributed by atoms with van der Waals surface area (Å²) in [6, 6.07) is 11.5. The smallest absolute Gasteiger partial charge is 0.266 e. The summed E-state index contributed by atoms with van der Waals surface area (Å²) in [5, 5.41) is 0. The van der Waals surface area contributed by atoms with Gasteiger partial charge in [0, 0.05) is 17.9 Å². The van der Waals surface area contributed by atoms with Crippen molar-refractivity contribution in [2.45, 2.75) is 19.4 Å². The first-order valence-corrected chi connectivity index (χ1v) is 7.93. The fraction of sp³-hybridized carbons (Fsp3) is 0.278. The summed E-state index contributed by atoms with van der Waals surface area (Å²) < 4.78 is 5.37. The normalized spacial score (nSPS) is 18.9. The van der Waals surface area contributed by atoms with E-state index in [1.54, 1.807) is 23.2 Å². The summed E-state index contributed by atoms with van der Waals surface area (Å²) in [4.78, 5) is 32.5. The molecule has 2 aromatic rings. The van der Waals surface area contributed by atoms with E-state index in [4.69, 9.17) is 4.74 Å². The summed E-state index contributed by atoms with van der Waals surface area (Å²) >= 11 is 0. The lowest BCUT2D eigenvalue weighted by atomic mass is 10.1. The van der Waals surface area contributed by atoms with Gasteiger partial charge in [0.25, 0.3) is 5.91 Å². The molecule has 0 aliphatic carbocycles. The van der Waals surface area contributed by atoms with E-state index in [-0.39, 0.29) is 31.0 Å². The van der Waals surface area contributed by atoms with Gasteiger partial charge in [0.2, 0.25) is 5.91 Å². The first-order chi connectivity index (χ1) is 11.6. The molecule has 1 unspecified atom stereocenters. The molecule has 0 spiro atoms. The molecule has 0 radical (unpaired) electrons. The number of aromatic nitrogens is 1. The summed E-state index contributed by atoms with van der Waals surface area (Å²) in [7, 11) is 0. The lowest BCUT2D eigenvalue weighted by Crippen LogP contribution is -2.48. The number of rotatable bonds is 2.